The van der Waals surface area contributed by atoms with Gasteiger partial charge in [-0.1, -0.05) is 12.1 Å². The molecule has 0 aliphatic carbocycles. The van der Waals surface area contributed by atoms with E-state index in [0.717, 1.165) is 0 Å². The van der Waals surface area contributed by atoms with Crippen LogP contribution in [0.1, 0.15) is 5.56 Å². The lowest BCUT2D eigenvalue weighted by Gasteiger charge is -2.16. The summed E-state index contributed by atoms with van der Waals surface area (Å²) in [5, 5.41) is 9.01. The number of rotatable bonds is 14. The van der Waals surface area contributed by atoms with Crippen molar-refractivity contribution in [1.82, 2.24) is 0 Å². The minimum atomic E-state index is -0.964. The molecular weight excluding hydrogens is 320 g/mol. The second-order valence-corrected chi connectivity index (χ2v) is 4.64. The van der Waals surface area contributed by atoms with E-state index in [0.29, 0.717) is 43.5 Å². The highest BCUT2D eigenvalue weighted by Gasteiger charge is 2.14. The van der Waals surface area contributed by atoms with Gasteiger partial charge in [0.1, 0.15) is 0 Å². The van der Waals surface area contributed by atoms with Crippen molar-refractivity contribution in [2.24, 2.45) is 0 Å². The Morgan fingerprint density at radius 1 is 0.958 bits per heavy atom. The van der Waals surface area contributed by atoms with Crippen LogP contribution in [0.2, 0.25) is 0 Å². The summed E-state index contributed by atoms with van der Waals surface area (Å²) in [5.41, 5.74) is 0.493. The normalized spacial score (nSPS) is 10.6. The molecule has 1 aromatic carbocycles. The number of methoxy groups -OCH3 is 2. The van der Waals surface area contributed by atoms with Gasteiger partial charge in [-0.15, -0.1) is 0 Å². The minimum Gasteiger partial charge on any atom is -0.481 e. The van der Waals surface area contributed by atoms with Gasteiger partial charge >= 0.3 is 5.97 Å². The molecule has 0 bridgehead atoms. The standard InChI is InChI=1S/C16H24O8/c1-19-6-8-21-11-23-14-5-3-4-13(10-15(17)18)16(14)24-12-22-9-7-20-2/h3-5H,6-12H2,1-2H3,(H,17,18). The first-order valence-electron chi connectivity index (χ1n) is 7.41. The highest BCUT2D eigenvalue weighted by atomic mass is 16.7. The second kappa shape index (κ2) is 12.5. The average Bonchev–Trinajstić information content (AvgIpc) is 2.55. The molecule has 0 spiro atoms. The molecule has 0 aliphatic heterocycles. The van der Waals surface area contributed by atoms with E-state index in [1.165, 1.54) is 0 Å². The summed E-state index contributed by atoms with van der Waals surface area (Å²) >= 11 is 0. The molecule has 0 aromatic heterocycles. The van der Waals surface area contributed by atoms with Crippen molar-refractivity contribution >= 4 is 5.97 Å². The van der Waals surface area contributed by atoms with Crippen molar-refractivity contribution in [1.29, 1.82) is 0 Å². The van der Waals surface area contributed by atoms with E-state index in [-0.39, 0.29) is 20.0 Å². The summed E-state index contributed by atoms with van der Waals surface area (Å²) in [4.78, 5) is 11.0. The number of carboxylic acids is 1. The van der Waals surface area contributed by atoms with Crippen molar-refractivity contribution in [3.63, 3.8) is 0 Å². The topological polar surface area (TPSA) is 92.7 Å². The maximum absolute atomic E-state index is 11.0. The number of carboxylic acid groups (broad SMARTS) is 1. The third-order valence-electron chi connectivity index (χ3n) is 2.85. The number of aliphatic carboxylic acids is 1. The zero-order valence-corrected chi connectivity index (χ0v) is 14.0. The molecule has 136 valence electrons. The third-order valence-corrected chi connectivity index (χ3v) is 2.85. The first-order chi connectivity index (χ1) is 11.7. The number of hydrogen-bond donors (Lipinski definition) is 1. The SMILES string of the molecule is COCCOCOc1cccc(CC(=O)O)c1OCOCCOC. The van der Waals surface area contributed by atoms with Gasteiger partial charge in [0.15, 0.2) is 25.1 Å². The molecule has 0 radical (unpaired) electrons. The van der Waals surface area contributed by atoms with E-state index in [1.54, 1.807) is 32.4 Å². The Labute approximate surface area is 141 Å². The van der Waals surface area contributed by atoms with E-state index in [2.05, 4.69) is 0 Å². The lowest BCUT2D eigenvalue weighted by molar-refractivity contribution is -0.136. The fourth-order valence-electron chi connectivity index (χ4n) is 1.75. The fraction of sp³-hybridized carbons (Fsp3) is 0.562. The van der Waals surface area contributed by atoms with E-state index >= 15 is 0 Å². The maximum atomic E-state index is 11.0. The highest BCUT2D eigenvalue weighted by molar-refractivity contribution is 5.72. The Morgan fingerprint density at radius 2 is 1.58 bits per heavy atom. The molecule has 0 atom stereocenters. The van der Waals surface area contributed by atoms with Crippen LogP contribution in [0.25, 0.3) is 0 Å². The van der Waals surface area contributed by atoms with Crippen molar-refractivity contribution in [3.05, 3.63) is 23.8 Å². The Balaban J connectivity index is 2.66. The predicted octanol–water partition coefficient (Wildman–Crippen LogP) is 1.31. The van der Waals surface area contributed by atoms with E-state index in [1.807, 2.05) is 0 Å². The van der Waals surface area contributed by atoms with Gasteiger partial charge in [-0.3, -0.25) is 4.79 Å². The van der Waals surface area contributed by atoms with Gasteiger partial charge in [-0.2, -0.15) is 0 Å². The van der Waals surface area contributed by atoms with Gasteiger partial charge in [0.05, 0.1) is 32.8 Å². The molecule has 0 aliphatic rings. The van der Waals surface area contributed by atoms with Gasteiger partial charge in [-0.05, 0) is 6.07 Å². The van der Waals surface area contributed by atoms with Gasteiger partial charge in [0, 0.05) is 19.8 Å². The van der Waals surface area contributed by atoms with Crippen LogP contribution in [0, 0.1) is 0 Å². The second-order valence-electron chi connectivity index (χ2n) is 4.64. The molecule has 8 nitrogen and oxygen atoms in total. The Hall–Kier alpha value is -1.87. The number of ether oxygens (including phenoxy) is 6. The summed E-state index contributed by atoms with van der Waals surface area (Å²) in [5.74, 6) is -0.247. The van der Waals surface area contributed by atoms with Gasteiger partial charge in [-0.25, -0.2) is 0 Å². The van der Waals surface area contributed by atoms with Gasteiger partial charge in [0.25, 0.3) is 0 Å². The molecule has 1 aromatic rings. The first kappa shape index (κ1) is 20.2. The Bertz CT molecular complexity index is 477. The zero-order valence-electron chi connectivity index (χ0n) is 14.0. The molecule has 0 saturated carbocycles. The molecule has 1 N–H and O–H groups in total. The van der Waals surface area contributed by atoms with Crippen LogP contribution in [0.5, 0.6) is 11.5 Å². The monoisotopic (exact) mass is 344 g/mol. The maximum Gasteiger partial charge on any atom is 0.307 e. The average molecular weight is 344 g/mol. The lowest BCUT2D eigenvalue weighted by Crippen LogP contribution is -2.12. The third kappa shape index (κ3) is 8.11. The van der Waals surface area contributed by atoms with E-state index < -0.39 is 5.97 Å². The predicted molar refractivity (Wildman–Crippen MR) is 84.4 cm³/mol. The molecule has 0 fully saturated rings. The van der Waals surface area contributed by atoms with Gasteiger partial charge in [0.2, 0.25) is 0 Å². The number of para-hydroxylation sites is 1. The summed E-state index contributed by atoms with van der Waals surface area (Å²) in [6, 6.07) is 5.04. The smallest absolute Gasteiger partial charge is 0.307 e. The van der Waals surface area contributed by atoms with Gasteiger partial charge < -0.3 is 33.5 Å². The van der Waals surface area contributed by atoms with Crippen LogP contribution in [-0.2, 0) is 30.2 Å². The summed E-state index contributed by atoms with van der Waals surface area (Å²) < 4.78 is 31.3. The van der Waals surface area contributed by atoms with E-state index in [4.69, 9.17) is 33.5 Å². The Kier molecular flexibility index (Phi) is 10.5. The Morgan fingerprint density at radius 3 is 2.17 bits per heavy atom. The molecule has 1 rings (SSSR count). The molecule has 8 heteroatoms. The molecule has 0 amide bonds. The number of benzene rings is 1. The van der Waals surface area contributed by atoms with Crippen molar-refractivity contribution in [2.45, 2.75) is 6.42 Å². The van der Waals surface area contributed by atoms with Crippen LogP contribution in [-0.4, -0.2) is 65.3 Å². The summed E-state index contributed by atoms with van der Waals surface area (Å²) in [6.07, 6.45) is -0.185. The zero-order chi connectivity index (χ0) is 17.6. The van der Waals surface area contributed by atoms with Crippen molar-refractivity contribution < 1.29 is 38.3 Å². The molecule has 0 saturated heterocycles. The largest absolute Gasteiger partial charge is 0.481 e. The van der Waals surface area contributed by atoms with Crippen LogP contribution in [0.15, 0.2) is 18.2 Å². The lowest BCUT2D eigenvalue weighted by atomic mass is 10.1. The highest BCUT2D eigenvalue weighted by Crippen LogP contribution is 2.32. The number of hydrogen-bond acceptors (Lipinski definition) is 7. The van der Waals surface area contributed by atoms with Crippen LogP contribution >= 0.6 is 0 Å². The quantitative estimate of drug-likeness (QED) is 0.399. The summed E-state index contributed by atoms with van der Waals surface area (Å²) in [7, 11) is 3.15. The van der Waals surface area contributed by atoms with Crippen molar-refractivity contribution in [3.8, 4) is 11.5 Å². The molecule has 24 heavy (non-hydrogen) atoms. The van der Waals surface area contributed by atoms with E-state index in [9.17, 15) is 4.79 Å². The number of carbonyl (C=O) groups is 1. The molecule has 0 unspecified atom stereocenters. The van der Waals surface area contributed by atoms with Crippen molar-refractivity contribution in [2.75, 3.05) is 54.2 Å². The summed E-state index contributed by atoms with van der Waals surface area (Å²) in [6.45, 7) is 1.62. The minimum absolute atomic E-state index is 0.000770. The first-order valence-corrected chi connectivity index (χ1v) is 7.41. The van der Waals surface area contributed by atoms with Crippen LogP contribution < -0.4 is 9.47 Å². The molecule has 0 heterocycles. The van der Waals surface area contributed by atoms with Crippen LogP contribution in [0.3, 0.4) is 0 Å². The van der Waals surface area contributed by atoms with Crippen LogP contribution in [0.4, 0.5) is 0 Å². The fourth-order valence-corrected chi connectivity index (χ4v) is 1.75. The molecular formula is C16H24O8.